The second-order valence-electron chi connectivity index (χ2n) is 4.26. The number of carboxylic acid groups (broad SMARTS) is 1. The van der Waals surface area contributed by atoms with Crippen molar-refractivity contribution in [3.05, 3.63) is 12.7 Å². The molecule has 0 aromatic carbocycles. The Morgan fingerprint density at radius 1 is 1.47 bits per heavy atom. The molecule has 0 aromatic rings. The second-order valence-corrected chi connectivity index (χ2v) is 4.26. The van der Waals surface area contributed by atoms with E-state index in [1.165, 1.54) is 4.90 Å². The fraction of sp³-hybridized carbons (Fsp3) is 0.667. The smallest absolute Gasteiger partial charge is 0.407 e. The van der Waals surface area contributed by atoms with E-state index in [9.17, 15) is 9.59 Å². The van der Waals surface area contributed by atoms with Gasteiger partial charge in [-0.3, -0.25) is 4.79 Å². The number of esters is 1. The number of allylic oxidation sites excluding steroid dienone is 1. The minimum Gasteiger partial charge on any atom is -0.466 e. The molecule has 1 aliphatic heterocycles. The van der Waals surface area contributed by atoms with Gasteiger partial charge in [-0.25, -0.2) is 4.79 Å². The van der Waals surface area contributed by atoms with Crippen LogP contribution in [0.2, 0.25) is 0 Å². The van der Waals surface area contributed by atoms with Crippen LogP contribution >= 0.6 is 0 Å². The standard InChI is InChI=1S/C12H19NO4/c1-3-5-12(10(14)17-4-2)6-8-13(9-7-12)11(15)16/h3H,1,4-9H2,2H3,(H,15,16). The Labute approximate surface area is 101 Å². The van der Waals surface area contributed by atoms with Crippen LogP contribution in [-0.4, -0.2) is 41.8 Å². The van der Waals surface area contributed by atoms with Gasteiger partial charge in [0.05, 0.1) is 12.0 Å². The zero-order valence-electron chi connectivity index (χ0n) is 10.1. The first kappa shape index (κ1) is 13.5. The third kappa shape index (κ3) is 2.99. The summed E-state index contributed by atoms with van der Waals surface area (Å²) >= 11 is 0. The lowest BCUT2D eigenvalue weighted by molar-refractivity contribution is -0.158. The van der Waals surface area contributed by atoms with Crippen LogP contribution in [0.25, 0.3) is 0 Å². The number of piperidine rings is 1. The van der Waals surface area contributed by atoms with E-state index in [4.69, 9.17) is 9.84 Å². The molecule has 0 atom stereocenters. The SMILES string of the molecule is C=CCC1(C(=O)OCC)CCN(C(=O)O)CC1. The molecule has 1 heterocycles. The van der Waals surface area contributed by atoms with E-state index < -0.39 is 11.5 Å². The maximum Gasteiger partial charge on any atom is 0.407 e. The summed E-state index contributed by atoms with van der Waals surface area (Å²) in [4.78, 5) is 24.1. The molecular formula is C12H19NO4. The zero-order chi connectivity index (χ0) is 12.9. The van der Waals surface area contributed by atoms with Gasteiger partial charge in [0, 0.05) is 13.1 Å². The van der Waals surface area contributed by atoms with Crippen molar-refractivity contribution < 1.29 is 19.4 Å². The fourth-order valence-electron chi connectivity index (χ4n) is 2.18. The van der Waals surface area contributed by atoms with E-state index in [2.05, 4.69) is 6.58 Å². The predicted octanol–water partition coefficient (Wildman–Crippen LogP) is 1.89. The van der Waals surface area contributed by atoms with Gasteiger partial charge in [-0.15, -0.1) is 6.58 Å². The molecule has 1 aliphatic rings. The Kier molecular flexibility index (Phi) is 4.54. The van der Waals surface area contributed by atoms with E-state index >= 15 is 0 Å². The highest BCUT2D eigenvalue weighted by atomic mass is 16.5. The Morgan fingerprint density at radius 2 is 2.06 bits per heavy atom. The predicted molar refractivity (Wildman–Crippen MR) is 62.7 cm³/mol. The normalized spacial score (nSPS) is 18.5. The quantitative estimate of drug-likeness (QED) is 0.603. The van der Waals surface area contributed by atoms with Crippen molar-refractivity contribution in [2.45, 2.75) is 26.2 Å². The molecule has 1 amide bonds. The minimum absolute atomic E-state index is 0.232. The topological polar surface area (TPSA) is 66.8 Å². The van der Waals surface area contributed by atoms with Gasteiger partial charge in [0.2, 0.25) is 0 Å². The van der Waals surface area contributed by atoms with Crippen molar-refractivity contribution in [2.24, 2.45) is 5.41 Å². The summed E-state index contributed by atoms with van der Waals surface area (Å²) in [5, 5.41) is 8.87. The fourth-order valence-corrected chi connectivity index (χ4v) is 2.18. The molecule has 0 aliphatic carbocycles. The molecule has 5 nitrogen and oxygen atoms in total. The monoisotopic (exact) mass is 241 g/mol. The summed E-state index contributed by atoms with van der Waals surface area (Å²) in [6.07, 6.45) is 2.32. The molecule has 0 bridgehead atoms. The summed E-state index contributed by atoms with van der Waals surface area (Å²) in [5.74, 6) is -0.232. The summed E-state index contributed by atoms with van der Waals surface area (Å²) in [5.41, 5.74) is -0.580. The van der Waals surface area contributed by atoms with Crippen LogP contribution in [-0.2, 0) is 9.53 Å². The number of rotatable bonds is 4. The van der Waals surface area contributed by atoms with Crippen molar-refractivity contribution in [1.29, 1.82) is 0 Å². The van der Waals surface area contributed by atoms with Crippen LogP contribution in [0, 0.1) is 5.41 Å². The molecule has 1 N–H and O–H groups in total. The van der Waals surface area contributed by atoms with Crippen molar-refractivity contribution in [1.82, 2.24) is 4.90 Å². The van der Waals surface area contributed by atoms with Crippen LogP contribution in [0.3, 0.4) is 0 Å². The summed E-state index contributed by atoms with van der Waals surface area (Å²) in [6.45, 7) is 6.53. The number of hydrogen-bond donors (Lipinski definition) is 1. The number of carbonyl (C=O) groups is 2. The Morgan fingerprint density at radius 3 is 2.47 bits per heavy atom. The largest absolute Gasteiger partial charge is 0.466 e. The highest BCUT2D eigenvalue weighted by Gasteiger charge is 2.42. The third-order valence-electron chi connectivity index (χ3n) is 3.23. The Balaban J connectivity index is 2.72. The average Bonchev–Trinajstić information content (AvgIpc) is 2.30. The van der Waals surface area contributed by atoms with Gasteiger partial charge in [0.1, 0.15) is 0 Å². The minimum atomic E-state index is -0.930. The summed E-state index contributed by atoms with van der Waals surface area (Å²) in [6, 6.07) is 0. The van der Waals surface area contributed by atoms with Crippen LogP contribution in [0.1, 0.15) is 26.2 Å². The van der Waals surface area contributed by atoms with Gasteiger partial charge in [0.15, 0.2) is 0 Å². The van der Waals surface area contributed by atoms with Crippen molar-refractivity contribution in [3.8, 4) is 0 Å². The number of likely N-dealkylation sites (tertiary alicyclic amines) is 1. The van der Waals surface area contributed by atoms with E-state index in [1.54, 1.807) is 13.0 Å². The van der Waals surface area contributed by atoms with E-state index in [1.807, 2.05) is 0 Å². The van der Waals surface area contributed by atoms with E-state index in [0.717, 1.165) is 0 Å². The number of amides is 1. The molecule has 0 aromatic heterocycles. The van der Waals surface area contributed by atoms with Crippen LogP contribution in [0.4, 0.5) is 4.79 Å². The maximum absolute atomic E-state index is 12.0. The molecule has 0 saturated carbocycles. The highest BCUT2D eigenvalue weighted by Crippen LogP contribution is 2.36. The maximum atomic E-state index is 12.0. The number of ether oxygens (including phenoxy) is 1. The van der Waals surface area contributed by atoms with Gasteiger partial charge in [-0.1, -0.05) is 6.08 Å². The lowest BCUT2D eigenvalue weighted by atomic mass is 9.75. The number of carbonyl (C=O) groups excluding carboxylic acids is 1. The molecule has 0 radical (unpaired) electrons. The van der Waals surface area contributed by atoms with E-state index in [0.29, 0.717) is 39.0 Å². The summed E-state index contributed by atoms with van der Waals surface area (Å²) in [7, 11) is 0. The van der Waals surface area contributed by atoms with Crippen molar-refractivity contribution in [2.75, 3.05) is 19.7 Å². The zero-order valence-corrected chi connectivity index (χ0v) is 10.1. The lowest BCUT2D eigenvalue weighted by Gasteiger charge is -2.38. The van der Waals surface area contributed by atoms with Crippen molar-refractivity contribution >= 4 is 12.1 Å². The van der Waals surface area contributed by atoms with Crippen LogP contribution < -0.4 is 0 Å². The number of nitrogens with zero attached hydrogens (tertiary/aromatic N) is 1. The Bertz CT molecular complexity index is 306. The van der Waals surface area contributed by atoms with E-state index in [-0.39, 0.29) is 5.97 Å². The lowest BCUT2D eigenvalue weighted by Crippen LogP contribution is -2.46. The molecule has 1 rings (SSSR count). The molecule has 96 valence electrons. The molecule has 1 saturated heterocycles. The van der Waals surface area contributed by atoms with Gasteiger partial charge in [0.25, 0.3) is 0 Å². The summed E-state index contributed by atoms with van der Waals surface area (Å²) < 4.78 is 5.08. The van der Waals surface area contributed by atoms with Gasteiger partial charge < -0.3 is 14.7 Å². The van der Waals surface area contributed by atoms with Gasteiger partial charge in [-0.05, 0) is 26.2 Å². The van der Waals surface area contributed by atoms with Crippen LogP contribution in [0.15, 0.2) is 12.7 Å². The molecule has 0 unspecified atom stereocenters. The molecule has 17 heavy (non-hydrogen) atoms. The van der Waals surface area contributed by atoms with Crippen molar-refractivity contribution in [3.63, 3.8) is 0 Å². The first-order chi connectivity index (χ1) is 8.05. The van der Waals surface area contributed by atoms with Crippen LogP contribution in [0.5, 0.6) is 0 Å². The first-order valence-electron chi connectivity index (χ1n) is 5.81. The highest BCUT2D eigenvalue weighted by molar-refractivity contribution is 5.77. The number of hydrogen-bond acceptors (Lipinski definition) is 3. The molecule has 1 fully saturated rings. The molecule has 5 heteroatoms. The Hall–Kier alpha value is -1.52. The molecule has 0 spiro atoms. The average molecular weight is 241 g/mol. The third-order valence-corrected chi connectivity index (χ3v) is 3.23. The molecular weight excluding hydrogens is 222 g/mol. The first-order valence-corrected chi connectivity index (χ1v) is 5.81. The van der Waals surface area contributed by atoms with Gasteiger partial charge in [-0.2, -0.15) is 0 Å². The van der Waals surface area contributed by atoms with Gasteiger partial charge >= 0.3 is 12.1 Å². The second kappa shape index (κ2) is 5.70.